The van der Waals surface area contributed by atoms with Gasteiger partial charge in [0.1, 0.15) is 24.1 Å². The van der Waals surface area contributed by atoms with E-state index < -0.39 is 40.8 Å². The first-order chi connectivity index (χ1) is 39.7. The van der Waals surface area contributed by atoms with Crippen LogP contribution in [-0.4, -0.2) is 76.2 Å². The number of ether oxygens (including phenoxy) is 4. The van der Waals surface area contributed by atoms with Gasteiger partial charge in [0.05, 0.1) is 36.3 Å². The lowest BCUT2D eigenvalue weighted by atomic mass is 9.55. The van der Waals surface area contributed by atoms with Crippen molar-refractivity contribution in [1.82, 2.24) is 10.2 Å². The number of benzene rings is 5. The summed E-state index contributed by atoms with van der Waals surface area (Å²) >= 11 is 0. The van der Waals surface area contributed by atoms with Gasteiger partial charge in [0.2, 0.25) is 5.79 Å². The summed E-state index contributed by atoms with van der Waals surface area (Å²) in [7, 11) is 0. The molecular weight excluding hydrogens is 1020 g/mol. The van der Waals surface area contributed by atoms with E-state index in [2.05, 4.69) is 43.1 Å². The molecule has 432 valence electrons. The fourth-order valence-corrected chi connectivity index (χ4v) is 12.3. The third-order valence-electron chi connectivity index (χ3n) is 16.2. The summed E-state index contributed by atoms with van der Waals surface area (Å²) in [6.45, 7) is 7.08. The highest BCUT2D eigenvalue weighted by Crippen LogP contribution is 2.62. The van der Waals surface area contributed by atoms with Crippen molar-refractivity contribution >= 4 is 34.4 Å². The average molecular weight is 1110 g/mol. The molecular formula is C66H82N4O11. The number of hydrogen-bond acceptors (Lipinski definition) is 12. The second kappa shape index (κ2) is 30.7. The first-order valence-corrected chi connectivity index (χ1v) is 29.5. The van der Waals surface area contributed by atoms with Crippen LogP contribution in [0.4, 0.5) is 15.3 Å². The summed E-state index contributed by atoms with van der Waals surface area (Å²) in [5, 5.41) is 41.7. The van der Waals surface area contributed by atoms with Crippen molar-refractivity contribution in [1.29, 1.82) is 0 Å². The van der Waals surface area contributed by atoms with Crippen LogP contribution in [0.15, 0.2) is 145 Å². The molecule has 0 radical (unpaired) electrons. The SMILES string of the molecule is C=CCOC12Oc3ccc(OC(=O)NCc4ccccc4)cc3C3C(CCCCO)C(CCCCO)C=C(C(=NOCc4ccc([N+](=O)[O-])cc4)CC1N(Cc1cccc4ccccc14)C(=O)OCCCCCCCCCCCC)C32. The van der Waals surface area contributed by atoms with Gasteiger partial charge in [0.25, 0.3) is 5.69 Å². The van der Waals surface area contributed by atoms with Gasteiger partial charge >= 0.3 is 12.2 Å². The van der Waals surface area contributed by atoms with E-state index in [0.29, 0.717) is 54.9 Å². The number of rotatable bonds is 32. The number of aliphatic hydroxyl groups excluding tert-OH is 2. The molecule has 0 bridgehead atoms. The number of unbranched alkanes of at least 4 members (excludes halogenated alkanes) is 11. The Morgan fingerprint density at radius 3 is 2.26 bits per heavy atom. The first-order valence-electron chi connectivity index (χ1n) is 29.5. The standard InChI is InChI=1S/C66H82N4O11/c1-3-5-6-7-8-9-10-11-12-22-41-77-65(74)69(46-52-29-23-28-50-26-16-17-30-55(50)52)61-44-59(68-79-47-49-32-34-53(35-33-49)70(75)76)57-42-51(27-18-20-38-71)56(31-19-21-39-72)62-58-43-54(80-64(73)67-45-48-24-14-13-15-25-48)36-37-60(58)81-66(61,63(57)62)78-40-4-2/h4,13-17,23-26,28-30,32-37,42-43,51,56,61-63,71-72H,2-3,5-12,18-22,27,31,38-41,44-47H2,1H3,(H,67,73). The Balaban J connectivity index is 1.24. The van der Waals surface area contributed by atoms with E-state index in [1.807, 2.05) is 66.7 Å². The van der Waals surface area contributed by atoms with Gasteiger partial charge in [-0.25, -0.2) is 9.59 Å². The van der Waals surface area contributed by atoms with E-state index in [9.17, 15) is 25.1 Å². The highest BCUT2D eigenvalue weighted by Gasteiger charge is 2.66. The van der Waals surface area contributed by atoms with Crippen LogP contribution in [-0.2, 0) is 34.0 Å². The lowest BCUT2D eigenvalue weighted by molar-refractivity contribution is -0.384. The number of amides is 2. The van der Waals surface area contributed by atoms with Crippen LogP contribution in [0.3, 0.4) is 0 Å². The van der Waals surface area contributed by atoms with Gasteiger partial charge in [-0.15, -0.1) is 6.58 Å². The minimum atomic E-state index is -1.60. The molecule has 81 heavy (non-hydrogen) atoms. The molecule has 15 nitrogen and oxygen atoms in total. The number of carbonyl (C=O) groups excluding carboxylic acids is 2. The van der Waals surface area contributed by atoms with Gasteiger partial charge < -0.3 is 39.3 Å². The molecule has 0 spiro atoms. The second-order valence-corrected chi connectivity index (χ2v) is 21.8. The largest absolute Gasteiger partial charge is 0.459 e. The molecule has 6 atom stereocenters. The molecule has 1 saturated carbocycles. The topological polar surface area (TPSA) is 192 Å². The zero-order chi connectivity index (χ0) is 56.8. The quantitative estimate of drug-likeness (QED) is 0.0161. The van der Waals surface area contributed by atoms with Gasteiger partial charge in [0.15, 0.2) is 0 Å². The van der Waals surface area contributed by atoms with Crippen molar-refractivity contribution in [3.8, 4) is 11.5 Å². The Labute approximate surface area is 477 Å². The number of nitro groups is 1. The fourth-order valence-electron chi connectivity index (χ4n) is 12.3. The maximum absolute atomic E-state index is 15.5. The molecule has 1 fully saturated rings. The molecule has 2 amide bonds. The monoisotopic (exact) mass is 1110 g/mol. The number of carbonyl (C=O) groups is 2. The predicted molar refractivity (Wildman–Crippen MR) is 315 cm³/mol. The Kier molecular flexibility index (Phi) is 22.7. The number of aliphatic hydroxyl groups is 2. The molecule has 8 rings (SSSR count). The van der Waals surface area contributed by atoms with Crippen LogP contribution in [0, 0.1) is 27.9 Å². The highest BCUT2D eigenvalue weighted by molar-refractivity contribution is 6.03. The summed E-state index contributed by atoms with van der Waals surface area (Å²) in [6.07, 6.45) is 18.3. The third kappa shape index (κ3) is 15.7. The zero-order valence-electron chi connectivity index (χ0n) is 47.1. The average Bonchev–Trinajstić information content (AvgIpc) is 3.56. The molecule has 3 aliphatic rings. The first kappa shape index (κ1) is 60.0. The van der Waals surface area contributed by atoms with Crippen molar-refractivity contribution in [2.75, 3.05) is 26.4 Å². The molecule has 5 aromatic rings. The van der Waals surface area contributed by atoms with Crippen molar-refractivity contribution in [2.24, 2.45) is 22.9 Å². The van der Waals surface area contributed by atoms with E-state index in [-0.39, 0.29) is 70.1 Å². The number of fused-ring (bicyclic) bond motifs is 3. The third-order valence-corrected chi connectivity index (χ3v) is 16.2. The number of nitrogens with one attached hydrogen (secondary N) is 1. The Morgan fingerprint density at radius 1 is 0.827 bits per heavy atom. The summed E-state index contributed by atoms with van der Waals surface area (Å²) in [5.74, 6) is -2.02. The zero-order valence-corrected chi connectivity index (χ0v) is 47.1. The molecule has 0 aromatic heterocycles. The van der Waals surface area contributed by atoms with Gasteiger partial charge in [0, 0.05) is 49.8 Å². The van der Waals surface area contributed by atoms with E-state index in [1.54, 1.807) is 29.2 Å². The summed E-state index contributed by atoms with van der Waals surface area (Å²) in [4.78, 5) is 48.2. The molecule has 2 aliphatic carbocycles. The molecule has 15 heteroatoms. The molecule has 6 unspecified atom stereocenters. The molecule has 3 N–H and O–H groups in total. The summed E-state index contributed by atoms with van der Waals surface area (Å²) < 4.78 is 27.2. The maximum atomic E-state index is 15.5. The van der Waals surface area contributed by atoms with E-state index >= 15 is 4.79 Å². The van der Waals surface area contributed by atoms with Crippen molar-refractivity contribution in [3.05, 3.63) is 172 Å². The Hall–Kier alpha value is -7.07. The van der Waals surface area contributed by atoms with E-state index in [4.69, 9.17) is 28.9 Å². The Bertz CT molecular complexity index is 2890. The molecule has 1 aliphatic heterocycles. The number of nitro benzene ring substituents is 1. The van der Waals surface area contributed by atoms with E-state index in [1.165, 1.54) is 50.7 Å². The minimum Gasteiger partial charge on any atom is -0.459 e. The second-order valence-electron chi connectivity index (χ2n) is 21.8. The van der Waals surface area contributed by atoms with Gasteiger partial charge in [-0.1, -0.05) is 168 Å². The van der Waals surface area contributed by atoms with Crippen LogP contribution in [0.25, 0.3) is 10.8 Å². The normalized spacial score (nSPS) is 20.3. The summed E-state index contributed by atoms with van der Waals surface area (Å²) in [5.41, 5.74) is 4.62. The minimum absolute atomic E-state index is 0.00232. The highest BCUT2D eigenvalue weighted by atomic mass is 16.7. The molecule has 0 saturated heterocycles. The van der Waals surface area contributed by atoms with Gasteiger partial charge in [-0.05, 0) is 107 Å². The van der Waals surface area contributed by atoms with Crippen LogP contribution in [0.1, 0.15) is 144 Å². The fraction of sp³-hybridized carbons (Fsp3) is 0.470. The number of hydrogen-bond donors (Lipinski definition) is 3. The number of allylic oxidation sites excluding steroid dienone is 1. The number of nitrogens with zero attached hydrogens (tertiary/aromatic N) is 3. The maximum Gasteiger partial charge on any atom is 0.412 e. The van der Waals surface area contributed by atoms with Crippen molar-refractivity contribution in [2.45, 2.75) is 154 Å². The van der Waals surface area contributed by atoms with Crippen LogP contribution in [0.5, 0.6) is 11.5 Å². The summed E-state index contributed by atoms with van der Waals surface area (Å²) in [6, 6.07) is 34.4. The van der Waals surface area contributed by atoms with Gasteiger partial charge in [-0.3, -0.25) is 15.0 Å². The van der Waals surface area contributed by atoms with Crippen molar-refractivity contribution in [3.63, 3.8) is 0 Å². The van der Waals surface area contributed by atoms with E-state index in [0.717, 1.165) is 65.1 Å². The number of non-ortho nitro benzene ring substituents is 1. The van der Waals surface area contributed by atoms with Crippen LogP contribution < -0.4 is 14.8 Å². The predicted octanol–water partition coefficient (Wildman–Crippen LogP) is 14.4. The smallest absolute Gasteiger partial charge is 0.412 e. The van der Waals surface area contributed by atoms with Gasteiger partial charge in [-0.2, -0.15) is 0 Å². The van der Waals surface area contributed by atoms with Crippen LogP contribution in [0.2, 0.25) is 0 Å². The van der Waals surface area contributed by atoms with Crippen LogP contribution >= 0.6 is 0 Å². The molecule has 5 aromatic carbocycles. The lowest BCUT2D eigenvalue weighted by Gasteiger charge is -2.59. The molecule has 1 heterocycles. The lowest BCUT2D eigenvalue weighted by Crippen LogP contribution is -2.70. The van der Waals surface area contributed by atoms with Crippen molar-refractivity contribution < 1.29 is 48.5 Å². The number of oxime groups is 1. The Morgan fingerprint density at radius 2 is 1.53 bits per heavy atom.